The number of carboxylic acid groups (broad SMARTS) is 1. The molecular weight excluding hydrogens is 310 g/mol. The molecule has 1 heterocycles. The van der Waals surface area contributed by atoms with Gasteiger partial charge in [-0.1, -0.05) is 30.3 Å². The molecule has 2 rings (SSSR count). The number of carbonyl (C=O) groups is 2. The lowest BCUT2D eigenvalue weighted by Gasteiger charge is -2.19. The molecule has 0 saturated heterocycles. The average Bonchev–Trinajstić information content (AvgIpc) is 2.56. The zero-order chi connectivity index (χ0) is 17.7. The Morgan fingerprint density at radius 1 is 1.17 bits per heavy atom. The number of carboxylic acids is 1. The molecule has 0 saturated carbocycles. The van der Waals surface area contributed by atoms with Crippen molar-refractivity contribution in [3.8, 4) is 11.3 Å². The lowest BCUT2D eigenvalue weighted by Crippen LogP contribution is -2.41. The van der Waals surface area contributed by atoms with Gasteiger partial charge in [-0.05, 0) is 19.9 Å². The van der Waals surface area contributed by atoms with E-state index in [0.29, 0.717) is 5.69 Å². The first-order valence-corrected chi connectivity index (χ1v) is 7.43. The molecule has 24 heavy (non-hydrogen) atoms. The van der Waals surface area contributed by atoms with Crippen molar-refractivity contribution in [1.29, 1.82) is 0 Å². The van der Waals surface area contributed by atoms with Gasteiger partial charge in [-0.2, -0.15) is 5.10 Å². The molecule has 126 valence electrons. The number of nitrogens with one attached hydrogen (secondary N) is 1. The van der Waals surface area contributed by atoms with Gasteiger partial charge in [0.05, 0.1) is 11.1 Å². The number of amides is 1. The van der Waals surface area contributed by atoms with Crippen LogP contribution in [0, 0.1) is 5.41 Å². The van der Waals surface area contributed by atoms with E-state index in [1.807, 2.05) is 30.3 Å². The monoisotopic (exact) mass is 329 g/mol. The van der Waals surface area contributed by atoms with E-state index in [1.54, 1.807) is 6.07 Å². The second kappa shape index (κ2) is 7.08. The molecule has 1 aromatic carbocycles. The van der Waals surface area contributed by atoms with E-state index >= 15 is 0 Å². The van der Waals surface area contributed by atoms with Gasteiger partial charge in [-0.15, -0.1) is 0 Å². The number of hydrogen-bond donors (Lipinski definition) is 2. The molecule has 0 aliphatic rings. The summed E-state index contributed by atoms with van der Waals surface area (Å²) >= 11 is 0. The second-order valence-corrected chi connectivity index (χ2v) is 6.05. The first-order chi connectivity index (χ1) is 11.3. The first kappa shape index (κ1) is 17.4. The van der Waals surface area contributed by atoms with E-state index in [2.05, 4.69) is 10.4 Å². The minimum absolute atomic E-state index is 0.0334. The largest absolute Gasteiger partial charge is 0.481 e. The summed E-state index contributed by atoms with van der Waals surface area (Å²) in [6.45, 7) is 2.72. The standard InChI is InChI=1S/C17H19N3O4/c1-17(2,16(23)24)11-18-14(21)10-20-15(22)9-8-13(19-20)12-6-4-3-5-7-12/h3-9H,10-11H2,1-2H3,(H,18,21)(H,23,24). The highest BCUT2D eigenvalue weighted by Crippen LogP contribution is 2.14. The number of aliphatic carboxylic acids is 1. The molecular formula is C17H19N3O4. The van der Waals surface area contributed by atoms with Crippen molar-refractivity contribution in [1.82, 2.24) is 15.1 Å². The molecule has 0 spiro atoms. The molecule has 0 bridgehead atoms. The highest BCUT2D eigenvalue weighted by atomic mass is 16.4. The summed E-state index contributed by atoms with van der Waals surface area (Å²) in [6.07, 6.45) is 0. The normalized spacial score (nSPS) is 11.1. The number of aromatic nitrogens is 2. The van der Waals surface area contributed by atoms with Gasteiger partial charge >= 0.3 is 5.97 Å². The number of rotatable bonds is 6. The fourth-order valence-corrected chi connectivity index (χ4v) is 1.91. The molecule has 2 aromatic rings. The van der Waals surface area contributed by atoms with Crippen LogP contribution in [0.1, 0.15) is 13.8 Å². The van der Waals surface area contributed by atoms with Gasteiger partial charge in [-0.3, -0.25) is 14.4 Å². The SMILES string of the molecule is CC(C)(CNC(=O)Cn1nc(-c2ccccc2)ccc1=O)C(=O)O. The van der Waals surface area contributed by atoms with Crippen LogP contribution >= 0.6 is 0 Å². The highest BCUT2D eigenvalue weighted by molar-refractivity contribution is 5.78. The van der Waals surface area contributed by atoms with Gasteiger partial charge < -0.3 is 10.4 Å². The summed E-state index contributed by atoms with van der Waals surface area (Å²) in [5.74, 6) is -1.48. The third-order valence-electron chi connectivity index (χ3n) is 3.54. The summed E-state index contributed by atoms with van der Waals surface area (Å²) in [7, 11) is 0. The van der Waals surface area contributed by atoms with Gasteiger partial charge in [0, 0.05) is 18.2 Å². The van der Waals surface area contributed by atoms with Gasteiger partial charge in [0.25, 0.3) is 5.56 Å². The molecule has 0 radical (unpaired) electrons. The lowest BCUT2D eigenvalue weighted by atomic mass is 9.94. The Morgan fingerprint density at radius 3 is 2.46 bits per heavy atom. The maximum atomic E-state index is 12.0. The number of nitrogens with zero attached hydrogens (tertiary/aromatic N) is 2. The van der Waals surface area contributed by atoms with Crippen LogP contribution in [0.2, 0.25) is 0 Å². The Morgan fingerprint density at radius 2 is 1.83 bits per heavy atom. The zero-order valence-electron chi connectivity index (χ0n) is 13.5. The zero-order valence-corrected chi connectivity index (χ0v) is 13.5. The van der Waals surface area contributed by atoms with E-state index in [9.17, 15) is 14.4 Å². The quantitative estimate of drug-likeness (QED) is 0.827. The molecule has 0 aliphatic carbocycles. The van der Waals surface area contributed by atoms with E-state index in [-0.39, 0.29) is 13.1 Å². The second-order valence-electron chi connectivity index (χ2n) is 6.05. The molecule has 7 heteroatoms. The van der Waals surface area contributed by atoms with Crippen LogP contribution in [0.25, 0.3) is 11.3 Å². The van der Waals surface area contributed by atoms with Crippen molar-refractivity contribution in [2.24, 2.45) is 5.41 Å². The molecule has 2 N–H and O–H groups in total. The average molecular weight is 329 g/mol. The van der Waals surface area contributed by atoms with Crippen molar-refractivity contribution < 1.29 is 14.7 Å². The highest BCUT2D eigenvalue weighted by Gasteiger charge is 2.27. The lowest BCUT2D eigenvalue weighted by molar-refractivity contribution is -0.146. The van der Waals surface area contributed by atoms with Gasteiger partial charge in [0.15, 0.2) is 0 Å². The molecule has 7 nitrogen and oxygen atoms in total. The summed E-state index contributed by atoms with van der Waals surface area (Å²) in [4.78, 5) is 34.9. The fourth-order valence-electron chi connectivity index (χ4n) is 1.91. The topological polar surface area (TPSA) is 101 Å². The predicted molar refractivity (Wildman–Crippen MR) is 88.4 cm³/mol. The Bertz CT molecular complexity index is 797. The minimum atomic E-state index is -1.08. The van der Waals surface area contributed by atoms with Crippen LogP contribution < -0.4 is 10.9 Å². The molecule has 0 unspecified atom stereocenters. The Balaban J connectivity index is 2.11. The Labute approximate surface area is 138 Å². The maximum absolute atomic E-state index is 12.0. The molecule has 1 aromatic heterocycles. The third-order valence-corrected chi connectivity index (χ3v) is 3.54. The maximum Gasteiger partial charge on any atom is 0.310 e. The Kier molecular flexibility index (Phi) is 5.13. The Hall–Kier alpha value is -2.96. The predicted octanol–water partition coefficient (Wildman–Crippen LogP) is 1.14. The third kappa shape index (κ3) is 4.28. The summed E-state index contributed by atoms with van der Waals surface area (Å²) < 4.78 is 1.06. The molecule has 0 atom stereocenters. The van der Waals surface area contributed by atoms with Crippen LogP contribution in [-0.2, 0) is 16.1 Å². The fraction of sp³-hybridized carbons (Fsp3) is 0.294. The molecule has 0 aliphatic heterocycles. The minimum Gasteiger partial charge on any atom is -0.481 e. The van der Waals surface area contributed by atoms with Crippen LogP contribution in [0.5, 0.6) is 0 Å². The van der Waals surface area contributed by atoms with E-state index < -0.39 is 22.9 Å². The van der Waals surface area contributed by atoms with Crippen LogP contribution in [0.4, 0.5) is 0 Å². The van der Waals surface area contributed by atoms with E-state index in [4.69, 9.17) is 5.11 Å². The summed E-state index contributed by atoms with van der Waals surface area (Å²) in [5, 5.41) is 15.7. The van der Waals surface area contributed by atoms with Crippen molar-refractivity contribution in [2.45, 2.75) is 20.4 Å². The number of hydrogen-bond acceptors (Lipinski definition) is 4. The summed E-state index contributed by atoms with van der Waals surface area (Å²) in [5.41, 5.74) is -0.0743. The van der Waals surface area contributed by atoms with Gasteiger partial charge in [0.2, 0.25) is 5.91 Å². The summed E-state index contributed by atoms with van der Waals surface area (Å²) in [6, 6.07) is 12.2. The van der Waals surface area contributed by atoms with Crippen molar-refractivity contribution in [3.05, 3.63) is 52.8 Å². The van der Waals surface area contributed by atoms with Crippen LogP contribution in [0.3, 0.4) is 0 Å². The van der Waals surface area contributed by atoms with Gasteiger partial charge in [0.1, 0.15) is 6.54 Å². The molecule has 0 fully saturated rings. The number of benzene rings is 1. The van der Waals surface area contributed by atoms with E-state index in [0.717, 1.165) is 10.2 Å². The first-order valence-electron chi connectivity index (χ1n) is 7.43. The van der Waals surface area contributed by atoms with Gasteiger partial charge in [-0.25, -0.2) is 4.68 Å². The van der Waals surface area contributed by atoms with E-state index in [1.165, 1.54) is 19.9 Å². The van der Waals surface area contributed by atoms with Crippen molar-refractivity contribution in [3.63, 3.8) is 0 Å². The van der Waals surface area contributed by atoms with Crippen molar-refractivity contribution >= 4 is 11.9 Å². The smallest absolute Gasteiger partial charge is 0.310 e. The number of carbonyl (C=O) groups excluding carboxylic acids is 1. The van der Waals surface area contributed by atoms with Crippen LogP contribution in [0.15, 0.2) is 47.3 Å². The molecule has 1 amide bonds. The van der Waals surface area contributed by atoms with Crippen molar-refractivity contribution in [2.75, 3.05) is 6.54 Å². The van der Waals surface area contributed by atoms with Crippen LogP contribution in [-0.4, -0.2) is 33.3 Å².